The van der Waals surface area contributed by atoms with Crippen molar-refractivity contribution in [3.05, 3.63) is 71.4 Å². The summed E-state index contributed by atoms with van der Waals surface area (Å²) in [7, 11) is -1.16. The topological polar surface area (TPSA) is 42.0 Å². The van der Waals surface area contributed by atoms with Crippen LogP contribution < -0.4 is 5.32 Å². The molecule has 0 aliphatic carbocycles. The summed E-state index contributed by atoms with van der Waals surface area (Å²) in [4.78, 5) is 17.5. The zero-order chi connectivity index (χ0) is 18.7. The van der Waals surface area contributed by atoms with Crippen LogP contribution in [0.15, 0.2) is 54.7 Å². The molecule has 0 saturated heterocycles. The summed E-state index contributed by atoms with van der Waals surface area (Å²) in [6.07, 6.45) is 2.70. The Morgan fingerprint density at radius 2 is 1.85 bits per heavy atom. The summed E-state index contributed by atoms with van der Waals surface area (Å²) in [6, 6.07) is 17.1. The SMILES string of the molecule is Cc1ccc(CC[Si](C)(C)C)c(C(=O)Nc2cccc3cccnc23)c1. The molecule has 0 unspecified atom stereocenters. The minimum absolute atomic E-state index is 0.0579. The molecule has 0 aliphatic heterocycles. The normalized spacial score (nSPS) is 11.5. The van der Waals surface area contributed by atoms with Crippen LogP contribution >= 0.6 is 0 Å². The standard InChI is InChI=1S/C22H26N2OSi/c1-16-10-11-17(12-14-26(2,3)4)19(15-16)22(25)24-20-9-5-7-18-8-6-13-23-21(18)20/h5-11,13,15H,12,14H2,1-4H3,(H,24,25). The number of hydrogen-bond acceptors (Lipinski definition) is 2. The van der Waals surface area contributed by atoms with Gasteiger partial charge in [-0.1, -0.05) is 61.6 Å². The summed E-state index contributed by atoms with van der Waals surface area (Å²) < 4.78 is 0. The van der Waals surface area contributed by atoms with Gasteiger partial charge in [-0.2, -0.15) is 0 Å². The number of benzene rings is 2. The van der Waals surface area contributed by atoms with E-state index in [1.165, 1.54) is 6.04 Å². The Labute approximate surface area is 156 Å². The van der Waals surface area contributed by atoms with Crippen molar-refractivity contribution in [2.24, 2.45) is 0 Å². The van der Waals surface area contributed by atoms with Crippen LogP contribution in [0.25, 0.3) is 10.9 Å². The number of fused-ring (bicyclic) bond motifs is 1. The number of nitrogens with zero attached hydrogens (tertiary/aromatic N) is 1. The van der Waals surface area contributed by atoms with Gasteiger partial charge in [0, 0.05) is 25.2 Å². The van der Waals surface area contributed by atoms with E-state index >= 15 is 0 Å². The van der Waals surface area contributed by atoms with Gasteiger partial charge in [0.1, 0.15) is 0 Å². The quantitative estimate of drug-likeness (QED) is 0.594. The van der Waals surface area contributed by atoms with Crippen molar-refractivity contribution in [3.8, 4) is 0 Å². The predicted octanol–water partition coefficient (Wildman–Crippen LogP) is 5.68. The van der Waals surface area contributed by atoms with Crippen molar-refractivity contribution in [3.63, 3.8) is 0 Å². The lowest BCUT2D eigenvalue weighted by molar-refractivity contribution is 0.102. The van der Waals surface area contributed by atoms with Crippen LogP contribution in [0.4, 0.5) is 5.69 Å². The van der Waals surface area contributed by atoms with E-state index in [0.717, 1.165) is 39.7 Å². The molecule has 0 spiro atoms. The van der Waals surface area contributed by atoms with Gasteiger partial charge in [0.25, 0.3) is 5.91 Å². The molecule has 0 saturated carbocycles. The zero-order valence-electron chi connectivity index (χ0n) is 16.0. The summed E-state index contributed by atoms with van der Waals surface area (Å²) in [5.74, 6) is -0.0579. The molecule has 134 valence electrons. The molecule has 4 heteroatoms. The average Bonchev–Trinajstić information content (AvgIpc) is 2.60. The van der Waals surface area contributed by atoms with E-state index in [-0.39, 0.29) is 5.91 Å². The molecule has 3 rings (SSSR count). The number of carbonyl (C=O) groups is 1. The van der Waals surface area contributed by atoms with Crippen molar-refractivity contribution in [1.29, 1.82) is 0 Å². The highest BCUT2D eigenvalue weighted by atomic mass is 28.3. The lowest BCUT2D eigenvalue weighted by Crippen LogP contribution is -2.21. The van der Waals surface area contributed by atoms with E-state index < -0.39 is 8.07 Å². The number of aromatic nitrogens is 1. The van der Waals surface area contributed by atoms with Gasteiger partial charge >= 0.3 is 0 Å². The van der Waals surface area contributed by atoms with Crippen LogP contribution in [-0.2, 0) is 6.42 Å². The maximum Gasteiger partial charge on any atom is 0.256 e. The number of hydrogen-bond donors (Lipinski definition) is 1. The molecule has 0 aliphatic rings. The Hall–Kier alpha value is -2.46. The number of para-hydroxylation sites is 1. The molecule has 0 radical (unpaired) electrons. The fourth-order valence-electron chi connectivity index (χ4n) is 3.02. The Kier molecular flexibility index (Phi) is 5.23. The van der Waals surface area contributed by atoms with E-state index in [1.807, 2.05) is 43.3 Å². The Balaban J connectivity index is 1.90. The largest absolute Gasteiger partial charge is 0.320 e. The van der Waals surface area contributed by atoms with E-state index in [9.17, 15) is 4.79 Å². The molecule has 1 amide bonds. The van der Waals surface area contributed by atoms with E-state index in [2.05, 4.69) is 42.1 Å². The molecule has 0 atom stereocenters. The number of rotatable bonds is 5. The second-order valence-electron chi connectivity index (χ2n) is 8.06. The van der Waals surface area contributed by atoms with Crippen LogP contribution in [0.5, 0.6) is 0 Å². The number of anilines is 1. The van der Waals surface area contributed by atoms with E-state index in [1.54, 1.807) is 6.20 Å². The third-order valence-electron chi connectivity index (χ3n) is 4.54. The highest BCUT2D eigenvalue weighted by molar-refractivity contribution is 6.76. The Bertz CT molecular complexity index is 939. The van der Waals surface area contributed by atoms with Crippen LogP contribution in [0, 0.1) is 6.92 Å². The highest BCUT2D eigenvalue weighted by Crippen LogP contribution is 2.23. The molecular formula is C22H26N2OSi. The highest BCUT2D eigenvalue weighted by Gasteiger charge is 2.17. The molecule has 1 aromatic heterocycles. The van der Waals surface area contributed by atoms with Gasteiger partial charge in [-0.25, -0.2) is 0 Å². The lowest BCUT2D eigenvalue weighted by Gasteiger charge is -2.17. The summed E-state index contributed by atoms with van der Waals surface area (Å²) in [6.45, 7) is 9.12. The number of nitrogens with one attached hydrogen (secondary N) is 1. The molecule has 26 heavy (non-hydrogen) atoms. The van der Waals surface area contributed by atoms with Crippen molar-refractivity contribution < 1.29 is 4.79 Å². The van der Waals surface area contributed by atoms with Crippen LogP contribution in [0.3, 0.4) is 0 Å². The molecule has 3 aromatic rings. The minimum Gasteiger partial charge on any atom is -0.320 e. The average molecular weight is 363 g/mol. The summed E-state index contributed by atoms with van der Waals surface area (Å²) in [5.41, 5.74) is 4.58. The van der Waals surface area contributed by atoms with Crippen molar-refractivity contribution in [2.75, 3.05) is 5.32 Å². The van der Waals surface area contributed by atoms with Gasteiger partial charge < -0.3 is 5.32 Å². The zero-order valence-corrected chi connectivity index (χ0v) is 17.0. The first-order valence-electron chi connectivity index (χ1n) is 9.08. The van der Waals surface area contributed by atoms with Gasteiger partial charge in [0.2, 0.25) is 0 Å². The molecular weight excluding hydrogens is 336 g/mol. The molecule has 3 nitrogen and oxygen atoms in total. The molecule has 0 fully saturated rings. The lowest BCUT2D eigenvalue weighted by atomic mass is 10.0. The molecule has 0 bridgehead atoms. The maximum absolute atomic E-state index is 13.0. The first-order chi connectivity index (χ1) is 12.3. The number of carbonyl (C=O) groups excluding carboxylic acids is 1. The van der Waals surface area contributed by atoms with Gasteiger partial charge in [0.15, 0.2) is 0 Å². The van der Waals surface area contributed by atoms with Gasteiger partial charge in [-0.05, 0) is 37.1 Å². The van der Waals surface area contributed by atoms with Crippen molar-refractivity contribution >= 4 is 30.6 Å². The fourth-order valence-corrected chi connectivity index (χ4v) is 4.04. The molecule has 1 heterocycles. The summed E-state index contributed by atoms with van der Waals surface area (Å²) in [5, 5.41) is 4.10. The Morgan fingerprint density at radius 3 is 2.62 bits per heavy atom. The molecule has 2 aromatic carbocycles. The van der Waals surface area contributed by atoms with Crippen LogP contribution in [0.2, 0.25) is 25.7 Å². The number of amides is 1. The van der Waals surface area contributed by atoms with Gasteiger partial charge in [0.05, 0.1) is 11.2 Å². The summed E-state index contributed by atoms with van der Waals surface area (Å²) >= 11 is 0. The second kappa shape index (κ2) is 7.42. The van der Waals surface area contributed by atoms with Crippen LogP contribution in [-0.4, -0.2) is 19.0 Å². The Morgan fingerprint density at radius 1 is 1.08 bits per heavy atom. The van der Waals surface area contributed by atoms with Gasteiger partial charge in [-0.15, -0.1) is 0 Å². The van der Waals surface area contributed by atoms with E-state index in [4.69, 9.17) is 0 Å². The van der Waals surface area contributed by atoms with Gasteiger partial charge in [-0.3, -0.25) is 9.78 Å². The first-order valence-corrected chi connectivity index (χ1v) is 12.8. The maximum atomic E-state index is 13.0. The van der Waals surface area contributed by atoms with Crippen molar-refractivity contribution in [1.82, 2.24) is 4.98 Å². The van der Waals surface area contributed by atoms with Crippen molar-refractivity contribution in [2.45, 2.75) is 39.0 Å². The minimum atomic E-state index is -1.16. The second-order valence-corrected chi connectivity index (χ2v) is 13.7. The number of aryl methyl sites for hydroxylation is 2. The smallest absolute Gasteiger partial charge is 0.256 e. The third kappa shape index (κ3) is 4.38. The monoisotopic (exact) mass is 362 g/mol. The fraction of sp³-hybridized carbons (Fsp3) is 0.273. The third-order valence-corrected chi connectivity index (χ3v) is 6.29. The van der Waals surface area contributed by atoms with E-state index in [0.29, 0.717) is 0 Å². The molecule has 1 N–H and O–H groups in total. The number of pyridine rings is 1. The predicted molar refractivity (Wildman–Crippen MR) is 113 cm³/mol. The first kappa shape index (κ1) is 18.3. The van der Waals surface area contributed by atoms with Crippen LogP contribution in [0.1, 0.15) is 21.5 Å².